The van der Waals surface area contributed by atoms with Crippen molar-refractivity contribution in [2.75, 3.05) is 31.1 Å². The highest BCUT2D eigenvalue weighted by Crippen LogP contribution is 2.15. The first-order chi connectivity index (χ1) is 7.27. The first-order valence-corrected chi connectivity index (χ1v) is 5.37. The average molecular weight is 207 g/mol. The molecule has 0 aliphatic carbocycles. The van der Waals surface area contributed by atoms with Gasteiger partial charge in [-0.2, -0.15) is 0 Å². The minimum Gasteiger partial charge on any atom is -0.389 e. The van der Waals surface area contributed by atoms with E-state index in [1.807, 2.05) is 12.1 Å². The van der Waals surface area contributed by atoms with Crippen molar-refractivity contribution >= 4 is 5.82 Å². The standard InChI is InChI=1S/C11H17N3O/c1-9(15)10-2-3-11(13-8-10)14-6-4-12-5-7-14/h2-3,8-9,12,15H,4-7H2,1H3/t9-/m0/s1. The van der Waals surface area contributed by atoms with Gasteiger partial charge in [0, 0.05) is 32.4 Å². The number of pyridine rings is 1. The molecule has 0 radical (unpaired) electrons. The summed E-state index contributed by atoms with van der Waals surface area (Å²) in [6.45, 7) is 5.78. The maximum Gasteiger partial charge on any atom is 0.128 e. The van der Waals surface area contributed by atoms with Gasteiger partial charge >= 0.3 is 0 Å². The fourth-order valence-corrected chi connectivity index (χ4v) is 1.73. The van der Waals surface area contributed by atoms with Gasteiger partial charge < -0.3 is 15.3 Å². The summed E-state index contributed by atoms with van der Waals surface area (Å²) in [7, 11) is 0. The Kier molecular flexibility index (Phi) is 3.18. The number of hydrogen-bond acceptors (Lipinski definition) is 4. The fraction of sp³-hybridized carbons (Fsp3) is 0.545. The van der Waals surface area contributed by atoms with E-state index >= 15 is 0 Å². The van der Waals surface area contributed by atoms with Crippen LogP contribution in [0.3, 0.4) is 0 Å². The molecule has 0 amide bonds. The maximum absolute atomic E-state index is 9.36. The van der Waals surface area contributed by atoms with Crippen molar-refractivity contribution in [2.24, 2.45) is 0 Å². The highest BCUT2D eigenvalue weighted by Gasteiger charge is 2.11. The molecule has 15 heavy (non-hydrogen) atoms. The van der Waals surface area contributed by atoms with Gasteiger partial charge in [-0.05, 0) is 18.6 Å². The summed E-state index contributed by atoms with van der Waals surface area (Å²) < 4.78 is 0. The lowest BCUT2D eigenvalue weighted by molar-refractivity contribution is 0.199. The van der Waals surface area contributed by atoms with Crippen molar-refractivity contribution in [1.29, 1.82) is 0 Å². The Labute approximate surface area is 89.9 Å². The molecule has 0 spiro atoms. The van der Waals surface area contributed by atoms with Crippen LogP contribution >= 0.6 is 0 Å². The summed E-state index contributed by atoms with van der Waals surface area (Å²) in [5.74, 6) is 1.00. The van der Waals surface area contributed by atoms with Crippen molar-refractivity contribution in [1.82, 2.24) is 10.3 Å². The number of nitrogens with one attached hydrogen (secondary N) is 1. The molecule has 0 bridgehead atoms. The normalized spacial score (nSPS) is 18.9. The summed E-state index contributed by atoms with van der Waals surface area (Å²) in [5, 5.41) is 12.7. The summed E-state index contributed by atoms with van der Waals surface area (Å²) in [5.41, 5.74) is 0.869. The Morgan fingerprint density at radius 3 is 2.67 bits per heavy atom. The Bertz CT molecular complexity index is 304. The van der Waals surface area contributed by atoms with Gasteiger partial charge in [0.15, 0.2) is 0 Å². The highest BCUT2D eigenvalue weighted by atomic mass is 16.3. The largest absolute Gasteiger partial charge is 0.389 e. The van der Waals surface area contributed by atoms with Gasteiger partial charge in [-0.25, -0.2) is 4.98 Å². The highest BCUT2D eigenvalue weighted by molar-refractivity contribution is 5.40. The predicted molar refractivity (Wildman–Crippen MR) is 60.0 cm³/mol. The molecule has 1 saturated heterocycles. The van der Waals surface area contributed by atoms with Crippen molar-refractivity contribution in [2.45, 2.75) is 13.0 Å². The molecule has 0 unspecified atom stereocenters. The van der Waals surface area contributed by atoms with E-state index in [0.29, 0.717) is 0 Å². The van der Waals surface area contributed by atoms with Gasteiger partial charge in [0.05, 0.1) is 6.10 Å². The van der Waals surface area contributed by atoms with Crippen LogP contribution in [0, 0.1) is 0 Å². The second kappa shape index (κ2) is 4.59. The SMILES string of the molecule is C[C@H](O)c1ccc(N2CCNCC2)nc1. The third-order valence-corrected chi connectivity index (χ3v) is 2.69. The first kappa shape index (κ1) is 10.4. The topological polar surface area (TPSA) is 48.4 Å². The third kappa shape index (κ3) is 2.46. The second-order valence-electron chi connectivity index (χ2n) is 3.86. The van der Waals surface area contributed by atoms with Gasteiger partial charge in [0.1, 0.15) is 5.82 Å². The van der Waals surface area contributed by atoms with Gasteiger partial charge in [-0.1, -0.05) is 6.07 Å². The quantitative estimate of drug-likeness (QED) is 0.743. The molecular formula is C11H17N3O. The molecule has 4 nitrogen and oxygen atoms in total. The molecule has 1 fully saturated rings. The van der Waals surface area contributed by atoms with E-state index < -0.39 is 6.10 Å². The van der Waals surface area contributed by atoms with Crippen molar-refractivity contribution in [3.05, 3.63) is 23.9 Å². The zero-order valence-corrected chi connectivity index (χ0v) is 8.98. The molecule has 1 aliphatic rings. The number of hydrogen-bond donors (Lipinski definition) is 2. The lowest BCUT2D eigenvalue weighted by Crippen LogP contribution is -2.43. The van der Waals surface area contributed by atoms with Crippen LogP contribution in [0.5, 0.6) is 0 Å². The van der Waals surface area contributed by atoms with Crippen LogP contribution in [0.1, 0.15) is 18.6 Å². The van der Waals surface area contributed by atoms with Crippen LogP contribution in [0.2, 0.25) is 0 Å². The predicted octanol–water partition coefficient (Wildman–Crippen LogP) is 0.544. The van der Waals surface area contributed by atoms with E-state index in [0.717, 1.165) is 37.6 Å². The van der Waals surface area contributed by atoms with Gasteiger partial charge in [-0.15, -0.1) is 0 Å². The van der Waals surface area contributed by atoms with Crippen LogP contribution in [0.25, 0.3) is 0 Å². The van der Waals surface area contributed by atoms with E-state index in [-0.39, 0.29) is 0 Å². The van der Waals surface area contributed by atoms with Crippen LogP contribution in [-0.2, 0) is 0 Å². The van der Waals surface area contributed by atoms with Gasteiger partial charge in [0.25, 0.3) is 0 Å². The summed E-state index contributed by atoms with van der Waals surface area (Å²) in [4.78, 5) is 6.61. The zero-order valence-electron chi connectivity index (χ0n) is 8.98. The number of aromatic nitrogens is 1. The van der Waals surface area contributed by atoms with E-state index in [2.05, 4.69) is 15.2 Å². The van der Waals surface area contributed by atoms with Gasteiger partial charge in [-0.3, -0.25) is 0 Å². The number of aliphatic hydroxyl groups is 1. The number of piperazine rings is 1. The molecule has 1 aromatic rings. The molecule has 2 heterocycles. The summed E-state index contributed by atoms with van der Waals surface area (Å²) in [6.07, 6.45) is 1.32. The maximum atomic E-state index is 9.36. The zero-order chi connectivity index (χ0) is 10.7. The minimum absolute atomic E-state index is 0.436. The van der Waals surface area contributed by atoms with Crippen LogP contribution < -0.4 is 10.2 Å². The molecule has 1 atom stereocenters. The second-order valence-corrected chi connectivity index (χ2v) is 3.86. The molecule has 82 valence electrons. The molecule has 4 heteroatoms. The van der Waals surface area contributed by atoms with Crippen molar-refractivity contribution in [3.8, 4) is 0 Å². The Balaban J connectivity index is 2.08. The molecular weight excluding hydrogens is 190 g/mol. The Morgan fingerprint density at radius 1 is 1.40 bits per heavy atom. The molecule has 2 rings (SSSR count). The molecule has 0 saturated carbocycles. The van der Waals surface area contributed by atoms with Crippen molar-refractivity contribution < 1.29 is 5.11 Å². The van der Waals surface area contributed by atoms with Crippen LogP contribution in [0.15, 0.2) is 18.3 Å². The smallest absolute Gasteiger partial charge is 0.128 e. The van der Waals surface area contributed by atoms with Gasteiger partial charge in [0.2, 0.25) is 0 Å². The first-order valence-electron chi connectivity index (χ1n) is 5.37. The van der Waals surface area contributed by atoms with E-state index in [1.54, 1.807) is 13.1 Å². The van der Waals surface area contributed by atoms with E-state index in [9.17, 15) is 5.11 Å². The third-order valence-electron chi connectivity index (χ3n) is 2.69. The Morgan fingerprint density at radius 2 is 2.13 bits per heavy atom. The van der Waals surface area contributed by atoms with E-state index in [4.69, 9.17) is 0 Å². The van der Waals surface area contributed by atoms with Crippen LogP contribution in [0.4, 0.5) is 5.82 Å². The van der Waals surface area contributed by atoms with E-state index in [1.165, 1.54) is 0 Å². The lowest BCUT2D eigenvalue weighted by Gasteiger charge is -2.28. The monoisotopic (exact) mass is 207 g/mol. The summed E-state index contributed by atoms with van der Waals surface area (Å²) >= 11 is 0. The molecule has 1 aromatic heterocycles. The molecule has 0 aromatic carbocycles. The van der Waals surface area contributed by atoms with Crippen molar-refractivity contribution in [3.63, 3.8) is 0 Å². The number of nitrogens with zero attached hydrogens (tertiary/aromatic N) is 2. The van der Waals surface area contributed by atoms with Crippen LogP contribution in [-0.4, -0.2) is 36.3 Å². The number of rotatable bonds is 2. The lowest BCUT2D eigenvalue weighted by atomic mass is 10.2. The number of aliphatic hydroxyl groups excluding tert-OH is 1. The molecule has 1 aliphatic heterocycles. The number of anilines is 1. The summed E-state index contributed by atoms with van der Waals surface area (Å²) in [6, 6.07) is 3.92. The average Bonchev–Trinajstić information content (AvgIpc) is 2.30. The Hall–Kier alpha value is -1.13. The fourth-order valence-electron chi connectivity index (χ4n) is 1.73. The minimum atomic E-state index is -0.436. The molecule has 2 N–H and O–H groups in total.